The third-order valence-corrected chi connectivity index (χ3v) is 4.27. The van der Waals surface area contributed by atoms with E-state index in [9.17, 15) is 0 Å². The summed E-state index contributed by atoms with van der Waals surface area (Å²) in [5.41, 5.74) is 7.16. The van der Waals surface area contributed by atoms with Crippen molar-refractivity contribution in [2.24, 2.45) is 5.73 Å². The number of halogens is 1. The number of nitrogens with zero attached hydrogens (tertiary/aromatic N) is 2. The number of hydrogen-bond acceptors (Lipinski definition) is 4. The maximum absolute atomic E-state index is 6.12. The Kier molecular flexibility index (Phi) is 5.19. The van der Waals surface area contributed by atoms with E-state index >= 15 is 0 Å². The summed E-state index contributed by atoms with van der Waals surface area (Å²) in [5.74, 6) is 0. The van der Waals surface area contributed by atoms with E-state index < -0.39 is 0 Å². The number of nitrogens with two attached hydrogens (primary N) is 1. The first kappa shape index (κ1) is 14.3. The molecule has 0 aliphatic carbocycles. The van der Waals surface area contributed by atoms with Crippen LogP contribution in [0.3, 0.4) is 0 Å². The minimum absolute atomic E-state index is 0.155. The molecule has 3 nitrogen and oxygen atoms in total. The van der Waals surface area contributed by atoms with E-state index in [0.717, 1.165) is 28.5 Å². The monoisotopic (exact) mass is 293 g/mol. The lowest BCUT2D eigenvalue weighted by Crippen LogP contribution is -2.21. The van der Waals surface area contributed by atoms with Gasteiger partial charge in [-0.05, 0) is 48.4 Å². The molecular weight excluding hydrogens is 278 g/mol. The van der Waals surface area contributed by atoms with Gasteiger partial charge >= 0.3 is 0 Å². The predicted octanol–water partition coefficient (Wildman–Crippen LogP) is 3.56. The van der Waals surface area contributed by atoms with Crippen LogP contribution in [0.4, 0.5) is 0 Å². The summed E-state index contributed by atoms with van der Waals surface area (Å²) in [5, 5.41) is 2.34. The second-order valence-corrected chi connectivity index (χ2v) is 5.62. The first-order valence-electron chi connectivity index (χ1n) is 6.18. The molecule has 0 amide bonds. The summed E-state index contributed by atoms with van der Waals surface area (Å²) in [7, 11) is 0. The fourth-order valence-electron chi connectivity index (χ4n) is 1.64. The van der Waals surface area contributed by atoms with Gasteiger partial charge in [-0.25, -0.2) is 9.97 Å². The number of hydrogen-bond donors (Lipinski definition) is 1. The van der Waals surface area contributed by atoms with E-state index in [4.69, 9.17) is 17.3 Å². The molecule has 0 aliphatic rings. The molecule has 19 heavy (non-hydrogen) atoms. The summed E-state index contributed by atoms with van der Waals surface area (Å²) < 4.78 is 0. The first-order chi connectivity index (χ1) is 9.20. The summed E-state index contributed by atoms with van der Waals surface area (Å²) in [6, 6.07) is 7.79. The average Bonchev–Trinajstić information content (AvgIpc) is 2.43. The molecule has 0 saturated heterocycles. The van der Waals surface area contributed by atoms with Gasteiger partial charge in [0.2, 0.25) is 0 Å². The van der Waals surface area contributed by atoms with Gasteiger partial charge in [0, 0.05) is 18.4 Å². The quantitative estimate of drug-likeness (QED) is 0.916. The Balaban J connectivity index is 2.23. The van der Waals surface area contributed by atoms with Crippen molar-refractivity contribution >= 4 is 23.4 Å². The van der Waals surface area contributed by atoms with Gasteiger partial charge in [-0.2, -0.15) is 0 Å². The second-order valence-electron chi connectivity index (χ2n) is 4.23. The molecule has 0 spiro atoms. The molecule has 0 aliphatic heterocycles. The minimum Gasteiger partial charge on any atom is -0.327 e. The lowest BCUT2D eigenvalue weighted by molar-refractivity contribution is 0.637. The first-order valence-corrected chi connectivity index (χ1v) is 7.38. The van der Waals surface area contributed by atoms with Crippen LogP contribution in [0.25, 0.3) is 0 Å². The average molecular weight is 294 g/mol. The van der Waals surface area contributed by atoms with Crippen molar-refractivity contribution in [1.82, 2.24) is 9.97 Å². The highest BCUT2D eigenvalue weighted by Crippen LogP contribution is 2.32. The SMILES string of the molecule is CCC(N)Cc1cccnc1Sc1ncccc1Cl. The standard InChI is InChI=1S/C14H16ClN3S/c1-2-11(16)9-10-5-3-7-17-13(10)19-14-12(15)6-4-8-18-14/h3-8,11H,2,9,16H2,1H3. The molecule has 2 aromatic rings. The van der Waals surface area contributed by atoms with E-state index in [1.54, 1.807) is 12.4 Å². The van der Waals surface area contributed by atoms with Gasteiger partial charge < -0.3 is 5.73 Å². The van der Waals surface area contributed by atoms with E-state index in [0.29, 0.717) is 5.02 Å². The molecule has 2 aromatic heterocycles. The maximum atomic E-state index is 6.12. The normalized spacial score (nSPS) is 12.4. The summed E-state index contributed by atoms with van der Waals surface area (Å²) in [6.45, 7) is 2.09. The predicted molar refractivity (Wildman–Crippen MR) is 79.6 cm³/mol. The molecule has 1 atom stereocenters. The van der Waals surface area contributed by atoms with Crippen molar-refractivity contribution in [3.8, 4) is 0 Å². The number of aromatic nitrogens is 2. The van der Waals surface area contributed by atoms with Crippen LogP contribution < -0.4 is 5.73 Å². The Morgan fingerprint density at radius 3 is 2.58 bits per heavy atom. The van der Waals surface area contributed by atoms with Crippen LogP contribution >= 0.6 is 23.4 Å². The third kappa shape index (κ3) is 3.93. The summed E-state index contributed by atoms with van der Waals surface area (Å²) >= 11 is 7.61. The Bertz CT molecular complexity index is 548. The van der Waals surface area contributed by atoms with E-state index in [1.807, 2.05) is 18.2 Å². The lowest BCUT2D eigenvalue weighted by Gasteiger charge is -2.12. The molecule has 2 heterocycles. The molecule has 1 unspecified atom stereocenters. The van der Waals surface area contributed by atoms with Crippen LogP contribution in [0.1, 0.15) is 18.9 Å². The van der Waals surface area contributed by atoms with Crippen LogP contribution in [-0.4, -0.2) is 16.0 Å². The van der Waals surface area contributed by atoms with Gasteiger partial charge in [0.1, 0.15) is 10.1 Å². The molecule has 0 saturated carbocycles. The van der Waals surface area contributed by atoms with Gasteiger partial charge in [0.25, 0.3) is 0 Å². The lowest BCUT2D eigenvalue weighted by atomic mass is 10.1. The van der Waals surface area contributed by atoms with Crippen LogP contribution in [0, 0.1) is 0 Å². The third-order valence-electron chi connectivity index (χ3n) is 2.77. The minimum atomic E-state index is 0.155. The molecule has 5 heteroatoms. The van der Waals surface area contributed by atoms with E-state index in [1.165, 1.54) is 11.8 Å². The van der Waals surface area contributed by atoms with Gasteiger partial charge in [-0.15, -0.1) is 0 Å². The van der Waals surface area contributed by atoms with Gasteiger partial charge in [-0.3, -0.25) is 0 Å². The van der Waals surface area contributed by atoms with Gasteiger partial charge in [0.15, 0.2) is 0 Å². The zero-order valence-corrected chi connectivity index (χ0v) is 12.3. The molecule has 2 N–H and O–H groups in total. The summed E-state index contributed by atoms with van der Waals surface area (Å²) in [6.07, 6.45) is 5.27. The zero-order valence-electron chi connectivity index (χ0n) is 10.7. The highest BCUT2D eigenvalue weighted by molar-refractivity contribution is 7.99. The Morgan fingerprint density at radius 1 is 1.21 bits per heavy atom. The van der Waals surface area contributed by atoms with Crippen molar-refractivity contribution in [3.63, 3.8) is 0 Å². The van der Waals surface area contributed by atoms with Crippen molar-refractivity contribution in [2.75, 3.05) is 0 Å². The second kappa shape index (κ2) is 6.89. The Labute approximate surface area is 122 Å². The highest BCUT2D eigenvalue weighted by Gasteiger charge is 2.11. The molecule has 0 fully saturated rings. The number of pyridine rings is 2. The zero-order chi connectivity index (χ0) is 13.7. The van der Waals surface area contributed by atoms with Crippen molar-refractivity contribution in [2.45, 2.75) is 35.9 Å². The molecular formula is C14H16ClN3S. The molecule has 0 aromatic carbocycles. The van der Waals surface area contributed by atoms with E-state index in [2.05, 4.69) is 23.0 Å². The summed E-state index contributed by atoms with van der Waals surface area (Å²) in [4.78, 5) is 8.68. The smallest absolute Gasteiger partial charge is 0.121 e. The molecule has 0 bridgehead atoms. The van der Waals surface area contributed by atoms with Gasteiger partial charge in [-0.1, -0.05) is 24.6 Å². The van der Waals surface area contributed by atoms with E-state index in [-0.39, 0.29) is 6.04 Å². The van der Waals surface area contributed by atoms with Crippen LogP contribution in [-0.2, 0) is 6.42 Å². The highest BCUT2D eigenvalue weighted by atomic mass is 35.5. The Hall–Kier alpha value is -1.10. The van der Waals surface area contributed by atoms with Gasteiger partial charge in [0.05, 0.1) is 5.02 Å². The van der Waals surface area contributed by atoms with Crippen molar-refractivity contribution in [3.05, 3.63) is 47.2 Å². The van der Waals surface area contributed by atoms with Crippen molar-refractivity contribution in [1.29, 1.82) is 0 Å². The van der Waals surface area contributed by atoms with Crippen LogP contribution in [0.5, 0.6) is 0 Å². The fraction of sp³-hybridized carbons (Fsp3) is 0.286. The largest absolute Gasteiger partial charge is 0.327 e. The molecule has 100 valence electrons. The Morgan fingerprint density at radius 2 is 1.89 bits per heavy atom. The van der Waals surface area contributed by atoms with Crippen LogP contribution in [0.2, 0.25) is 5.02 Å². The topological polar surface area (TPSA) is 51.8 Å². The molecule has 0 radical (unpaired) electrons. The van der Waals surface area contributed by atoms with Crippen molar-refractivity contribution < 1.29 is 0 Å². The molecule has 2 rings (SSSR count). The maximum Gasteiger partial charge on any atom is 0.121 e. The number of rotatable bonds is 5. The van der Waals surface area contributed by atoms with Crippen LogP contribution in [0.15, 0.2) is 46.7 Å². The fourth-order valence-corrected chi connectivity index (χ4v) is 2.73.